The highest BCUT2D eigenvalue weighted by molar-refractivity contribution is 6.31. The lowest BCUT2D eigenvalue weighted by atomic mass is 10.1. The minimum atomic E-state index is -1.11. The molecule has 3 N–H and O–H groups in total. The van der Waals surface area contributed by atoms with E-state index < -0.39 is 35.6 Å². The minimum absolute atomic E-state index is 0.0487. The number of amides is 2. The molecule has 196 valence electrons. The van der Waals surface area contributed by atoms with E-state index in [0.717, 1.165) is 5.01 Å². The van der Waals surface area contributed by atoms with Gasteiger partial charge in [-0.05, 0) is 30.2 Å². The number of nitrogens with one attached hydrogen (secondary N) is 2. The van der Waals surface area contributed by atoms with Gasteiger partial charge >= 0.3 is 12.1 Å². The zero-order chi connectivity index (χ0) is 26.9. The van der Waals surface area contributed by atoms with Gasteiger partial charge in [-0.1, -0.05) is 41.0 Å². The van der Waals surface area contributed by atoms with Crippen LogP contribution in [-0.2, 0) is 20.9 Å². The van der Waals surface area contributed by atoms with E-state index in [2.05, 4.69) is 15.9 Å². The number of hydrogen-bond acceptors (Lipinski definition) is 7. The van der Waals surface area contributed by atoms with Crippen LogP contribution in [0.2, 0.25) is 5.02 Å². The van der Waals surface area contributed by atoms with Crippen LogP contribution in [0.1, 0.15) is 25.3 Å². The summed E-state index contributed by atoms with van der Waals surface area (Å²) in [6.45, 7) is 0.802. The fraction of sp³-hybridized carbons (Fsp3) is 0.250. The number of benzene rings is 2. The number of hydrazine groups is 1. The number of carboxylic acid groups (broad SMARTS) is 1. The minimum Gasteiger partial charge on any atom is -0.481 e. The van der Waals surface area contributed by atoms with Gasteiger partial charge in [-0.25, -0.2) is 19.0 Å². The molecule has 0 bridgehead atoms. The van der Waals surface area contributed by atoms with E-state index >= 15 is 0 Å². The van der Waals surface area contributed by atoms with E-state index in [1.165, 1.54) is 43.3 Å². The van der Waals surface area contributed by atoms with Crippen molar-refractivity contribution in [3.05, 3.63) is 70.8 Å². The number of aromatic nitrogens is 1. The third kappa shape index (κ3) is 7.98. The van der Waals surface area contributed by atoms with Crippen LogP contribution in [0.15, 0.2) is 53.1 Å². The van der Waals surface area contributed by atoms with Crippen LogP contribution in [0.3, 0.4) is 0 Å². The molecule has 0 saturated heterocycles. The second-order valence-electron chi connectivity index (χ2n) is 7.83. The average Bonchev–Trinajstić information content (AvgIpc) is 3.31. The van der Waals surface area contributed by atoms with Gasteiger partial charge in [0.2, 0.25) is 11.8 Å². The predicted molar refractivity (Wildman–Crippen MR) is 128 cm³/mol. The van der Waals surface area contributed by atoms with Crippen LogP contribution >= 0.6 is 11.6 Å². The van der Waals surface area contributed by atoms with Crippen LogP contribution in [0.25, 0.3) is 11.3 Å². The molecule has 0 aliphatic rings. The van der Waals surface area contributed by atoms with Crippen LogP contribution in [-0.4, -0.2) is 45.9 Å². The molecule has 2 amide bonds. The monoisotopic (exact) mass is 536 g/mol. The first-order chi connectivity index (χ1) is 17.6. The Kier molecular flexibility index (Phi) is 9.52. The fourth-order valence-corrected chi connectivity index (χ4v) is 3.55. The van der Waals surface area contributed by atoms with Crippen LogP contribution in [0.5, 0.6) is 0 Å². The van der Waals surface area contributed by atoms with Gasteiger partial charge < -0.3 is 14.4 Å². The molecule has 0 unspecified atom stereocenters. The summed E-state index contributed by atoms with van der Waals surface area (Å²) in [7, 11) is 0. The molecule has 1 aromatic heterocycles. The maximum atomic E-state index is 13.7. The van der Waals surface area contributed by atoms with Crippen molar-refractivity contribution in [1.29, 1.82) is 0 Å². The molecule has 0 spiro atoms. The standard InChI is InChI=1S/C24H23ClF2N4O6/c1-14(32)31(28-12-16-5-3-7-19(27)23(16)25)18(8-9-22(33)34)13-36-24(35)29-21-11-20(30-37-21)15-4-2-6-17(26)10-15/h2-7,10-11,18,28H,8-9,12-13H2,1H3,(H,29,35)(H,33,34)/t18-/m0/s1. The average molecular weight is 537 g/mol. The summed E-state index contributed by atoms with van der Waals surface area (Å²) < 4.78 is 37.4. The summed E-state index contributed by atoms with van der Waals surface area (Å²) in [5.74, 6) is -2.79. The van der Waals surface area contributed by atoms with Crippen molar-refractivity contribution in [1.82, 2.24) is 15.6 Å². The van der Waals surface area contributed by atoms with Crippen LogP contribution < -0.4 is 10.7 Å². The fourth-order valence-electron chi connectivity index (χ4n) is 3.36. The Morgan fingerprint density at radius 2 is 1.95 bits per heavy atom. The van der Waals surface area contributed by atoms with Gasteiger partial charge in [-0.2, -0.15) is 0 Å². The molecule has 1 atom stereocenters. The molecule has 3 rings (SSSR count). The molecular weight excluding hydrogens is 514 g/mol. The van der Waals surface area contributed by atoms with Gasteiger partial charge in [0.15, 0.2) is 0 Å². The Bertz CT molecular complexity index is 1270. The lowest BCUT2D eigenvalue weighted by Gasteiger charge is -2.31. The molecule has 2 aromatic carbocycles. The van der Waals surface area contributed by atoms with Gasteiger partial charge in [0.1, 0.15) is 23.9 Å². The SMILES string of the molecule is CC(=O)N(NCc1cccc(F)c1Cl)[C@@H](CCC(=O)O)COC(=O)Nc1cc(-c2cccc(F)c2)no1. The van der Waals surface area contributed by atoms with Crippen molar-refractivity contribution in [2.45, 2.75) is 32.4 Å². The normalized spacial score (nSPS) is 11.6. The molecule has 13 heteroatoms. The van der Waals surface area contributed by atoms with Crippen molar-refractivity contribution in [3.63, 3.8) is 0 Å². The summed E-state index contributed by atoms with van der Waals surface area (Å²) in [5, 5.41) is 16.2. The number of anilines is 1. The number of aliphatic carboxylic acids is 1. The molecule has 10 nitrogen and oxygen atoms in total. The number of carbonyl (C=O) groups is 3. The Hall–Kier alpha value is -4.03. The number of carbonyl (C=O) groups excluding carboxylic acids is 2. The third-order valence-corrected chi connectivity index (χ3v) is 5.55. The maximum Gasteiger partial charge on any atom is 0.414 e. The first kappa shape index (κ1) is 27.6. The summed E-state index contributed by atoms with van der Waals surface area (Å²) >= 11 is 5.96. The van der Waals surface area contributed by atoms with Crippen molar-refractivity contribution in [2.75, 3.05) is 11.9 Å². The molecule has 0 aliphatic carbocycles. The molecule has 3 aromatic rings. The topological polar surface area (TPSA) is 134 Å². The van der Waals surface area contributed by atoms with Crippen molar-refractivity contribution in [3.8, 4) is 11.3 Å². The van der Waals surface area contributed by atoms with Crippen molar-refractivity contribution in [2.24, 2.45) is 0 Å². The highest BCUT2D eigenvalue weighted by Crippen LogP contribution is 2.23. The maximum absolute atomic E-state index is 13.7. The van der Waals surface area contributed by atoms with Crippen molar-refractivity contribution >= 4 is 35.5 Å². The summed E-state index contributed by atoms with van der Waals surface area (Å²) in [4.78, 5) is 35.8. The molecule has 1 heterocycles. The number of halogens is 3. The van der Waals surface area contributed by atoms with Crippen LogP contribution in [0.4, 0.5) is 19.5 Å². The van der Waals surface area contributed by atoms with Crippen molar-refractivity contribution < 1.29 is 37.5 Å². The Labute approximate surface area is 215 Å². The highest BCUT2D eigenvalue weighted by atomic mass is 35.5. The Morgan fingerprint density at radius 1 is 1.19 bits per heavy atom. The van der Waals surface area contributed by atoms with E-state index in [-0.39, 0.29) is 42.6 Å². The lowest BCUT2D eigenvalue weighted by molar-refractivity contribution is -0.141. The van der Waals surface area contributed by atoms with E-state index in [4.69, 9.17) is 26.0 Å². The zero-order valence-electron chi connectivity index (χ0n) is 19.5. The van der Waals surface area contributed by atoms with Gasteiger partial charge in [0.05, 0.1) is 11.1 Å². The Balaban J connectivity index is 1.64. The number of rotatable bonds is 11. The zero-order valence-corrected chi connectivity index (χ0v) is 20.3. The molecule has 0 aliphatic heterocycles. The summed E-state index contributed by atoms with van der Waals surface area (Å²) in [6.07, 6.45) is -1.34. The predicted octanol–water partition coefficient (Wildman–Crippen LogP) is 4.61. The second kappa shape index (κ2) is 12.8. The molecule has 0 fully saturated rings. The third-order valence-electron chi connectivity index (χ3n) is 5.13. The second-order valence-corrected chi connectivity index (χ2v) is 8.21. The smallest absolute Gasteiger partial charge is 0.414 e. The van der Waals surface area contributed by atoms with Crippen LogP contribution in [0, 0.1) is 11.6 Å². The number of nitrogens with zero attached hydrogens (tertiary/aromatic N) is 2. The quantitative estimate of drug-likeness (QED) is 0.302. The Morgan fingerprint density at radius 3 is 2.65 bits per heavy atom. The van der Waals surface area contributed by atoms with E-state index in [9.17, 15) is 23.2 Å². The molecule has 0 saturated carbocycles. The first-order valence-corrected chi connectivity index (χ1v) is 11.4. The van der Waals surface area contributed by atoms with E-state index in [1.54, 1.807) is 12.1 Å². The van der Waals surface area contributed by atoms with Gasteiger partial charge in [0.25, 0.3) is 0 Å². The molecule has 0 radical (unpaired) electrons. The van der Waals surface area contributed by atoms with Gasteiger partial charge in [-0.3, -0.25) is 19.9 Å². The summed E-state index contributed by atoms with van der Waals surface area (Å²) in [5.41, 5.74) is 3.87. The lowest BCUT2D eigenvalue weighted by Crippen LogP contribution is -2.50. The first-order valence-electron chi connectivity index (χ1n) is 11.0. The highest BCUT2D eigenvalue weighted by Gasteiger charge is 2.24. The molecular formula is C24H23ClF2N4O6. The van der Waals surface area contributed by atoms with Gasteiger partial charge in [-0.15, -0.1) is 0 Å². The van der Waals surface area contributed by atoms with E-state index in [0.29, 0.717) is 11.1 Å². The molecule has 37 heavy (non-hydrogen) atoms. The number of carboxylic acids is 1. The van der Waals surface area contributed by atoms with E-state index in [1.807, 2.05) is 0 Å². The number of hydrogen-bond donors (Lipinski definition) is 3. The summed E-state index contributed by atoms with van der Waals surface area (Å²) in [6, 6.07) is 10.3. The number of ether oxygens (including phenoxy) is 1. The largest absolute Gasteiger partial charge is 0.481 e. The van der Waals surface area contributed by atoms with Gasteiger partial charge in [0, 0.05) is 31.5 Å².